The lowest BCUT2D eigenvalue weighted by molar-refractivity contribution is 0.188. The molecule has 0 fully saturated rings. The number of furan rings is 1. The Morgan fingerprint density at radius 3 is 2.60 bits per heavy atom. The summed E-state index contributed by atoms with van der Waals surface area (Å²) < 4.78 is 5.41. The standard InChI is InChI=1S/C15H18Cl2N2O/c1-2-19(10-12-4-3-7-20-12)15(9-18)11-5-6-13(16)14(17)8-11/h3-8,15H,2,9-10,18H2,1H3. The van der Waals surface area contributed by atoms with Gasteiger partial charge in [0.05, 0.1) is 22.9 Å². The van der Waals surface area contributed by atoms with Gasteiger partial charge in [-0.1, -0.05) is 36.2 Å². The molecule has 0 saturated carbocycles. The van der Waals surface area contributed by atoms with Crippen LogP contribution in [0.15, 0.2) is 41.0 Å². The number of likely N-dealkylation sites (N-methyl/N-ethyl adjacent to an activating group) is 1. The highest BCUT2D eigenvalue weighted by molar-refractivity contribution is 6.42. The van der Waals surface area contributed by atoms with Crippen LogP contribution in [0.3, 0.4) is 0 Å². The van der Waals surface area contributed by atoms with E-state index in [1.165, 1.54) is 0 Å². The van der Waals surface area contributed by atoms with Crippen molar-refractivity contribution >= 4 is 23.2 Å². The van der Waals surface area contributed by atoms with Gasteiger partial charge in [-0.2, -0.15) is 0 Å². The third kappa shape index (κ3) is 3.55. The molecule has 0 amide bonds. The molecule has 2 aromatic rings. The SMILES string of the molecule is CCN(Cc1ccco1)C(CN)c1ccc(Cl)c(Cl)c1. The van der Waals surface area contributed by atoms with Crippen LogP contribution < -0.4 is 5.73 Å². The predicted octanol–water partition coefficient (Wildman–Crippen LogP) is 4.11. The number of benzene rings is 1. The molecule has 5 heteroatoms. The summed E-state index contributed by atoms with van der Waals surface area (Å²) in [5, 5.41) is 1.11. The van der Waals surface area contributed by atoms with Crippen LogP contribution >= 0.6 is 23.2 Å². The Bertz CT molecular complexity index is 543. The van der Waals surface area contributed by atoms with E-state index in [4.69, 9.17) is 33.4 Å². The van der Waals surface area contributed by atoms with Gasteiger partial charge >= 0.3 is 0 Å². The summed E-state index contributed by atoms with van der Waals surface area (Å²) in [5.74, 6) is 0.922. The van der Waals surface area contributed by atoms with E-state index in [9.17, 15) is 0 Å². The van der Waals surface area contributed by atoms with Gasteiger partial charge in [0, 0.05) is 12.6 Å². The quantitative estimate of drug-likeness (QED) is 0.873. The fourth-order valence-corrected chi connectivity index (χ4v) is 2.57. The molecule has 0 aliphatic rings. The molecule has 1 atom stereocenters. The number of rotatable bonds is 6. The highest BCUT2D eigenvalue weighted by atomic mass is 35.5. The summed E-state index contributed by atoms with van der Waals surface area (Å²) >= 11 is 12.1. The lowest BCUT2D eigenvalue weighted by Crippen LogP contribution is -2.33. The lowest BCUT2D eigenvalue weighted by Gasteiger charge is -2.29. The second kappa shape index (κ2) is 7.14. The molecule has 0 bridgehead atoms. The van der Waals surface area contributed by atoms with Gasteiger partial charge in [-0.05, 0) is 36.4 Å². The molecule has 108 valence electrons. The van der Waals surface area contributed by atoms with Crippen molar-refractivity contribution in [1.82, 2.24) is 4.90 Å². The van der Waals surface area contributed by atoms with E-state index in [2.05, 4.69) is 11.8 Å². The number of hydrogen-bond acceptors (Lipinski definition) is 3. The minimum Gasteiger partial charge on any atom is -0.468 e. The summed E-state index contributed by atoms with van der Waals surface area (Å²) in [6.07, 6.45) is 1.68. The first kappa shape index (κ1) is 15.4. The molecular formula is C15H18Cl2N2O. The predicted molar refractivity (Wildman–Crippen MR) is 83.0 cm³/mol. The van der Waals surface area contributed by atoms with Gasteiger partial charge in [0.1, 0.15) is 5.76 Å². The molecule has 1 unspecified atom stereocenters. The maximum atomic E-state index is 6.10. The van der Waals surface area contributed by atoms with Gasteiger partial charge in [-0.3, -0.25) is 4.90 Å². The average molecular weight is 313 g/mol. The van der Waals surface area contributed by atoms with E-state index in [0.717, 1.165) is 17.9 Å². The fourth-order valence-electron chi connectivity index (χ4n) is 2.26. The highest BCUT2D eigenvalue weighted by Gasteiger charge is 2.19. The summed E-state index contributed by atoms with van der Waals surface area (Å²) in [5.41, 5.74) is 7.02. The summed E-state index contributed by atoms with van der Waals surface area (Å²) in [6, 6.07) is 9.59. The molecule has 0 saturated heterocycles. The van der Waals surface area contributed by atoms with Crippen LogP contribution in [-0.2, 0) is 6.54 Å². The minimum absolute atomic E-state index is 0.0832. The van der Waals surface area contributed by atoms with Crippen molar-refractivity contribution in [3.05, 3.63) is 58.0 Å². The number of halogens is 2. The Labute approximate surface area is 129 Å². The third-order valence-electron chi connectivity index (χ3n) is 3.34. The van der Waals surface area contributed by atoms with E-state index in [-0.39, 0.29) is 6.04 Å². The van der Waals surface area contributed by atoms with Gasteiger partial charge in [0.2, 0.25) is 0 Å². The van der Waals surface area contributed by atoms with Crippen molar-refractivity contribution in [3.63, 3.8) is 0 Å². The van der Waals surface area contributed by atoms with Crippen LogP contribution in [0.25, 0.3) is 0 Å². The molecular weight excluding hydrogens is 295 g/mol. The van der Waals surface area contributed by atoms with Crippen molar-refractivity contribution in [2.24, 2.45) is 5.73 Å². The smallest absolute Gasteiger partial charge is 0.117 e. The molecule has 0 radical (unpaired) electrons. The van der Waals surface area contributed by atoms with E-state index in [0.29, 0.717) is 23.1 Å². The van der Waals surface area contributed by atoms with Gasteiger partial charge in [-0.15, -0.1) is 0 Å². The zero-order chi connectivity index (χ0) is 14.5. The maximum absolute atomic E-state index is 6.10. The van der Waals surface area contributed by atoms with Gasteiger partial charge in [-0.25, -0.2) is 0 Å². The van der Waals surface area contributed by atoms with Gasteiger partial charge in [0.15, 0.2) is 0 Å². The summed E-state index contributed by atoms with van der Waals surface area (Å²) in [4.78, 5) is 2.25. The van der Waals surface area contributed by atoms with E-state index < -0.39 is 0 Å². The first-order chi connectivity index (χ1) is 9.65. The van der Waals surface area contributed by atoms with Crippen molar-refractivity contribution < 1.29 is 4.42 Å². The van der Waals surface area contributed by atoms with Gasteiger partial charge < -0.3 is 10.2 Å². The topological polar surface area (TPSA) is 42.4 Å². The average Bonchev–Trinajstić information content (AvgIpc) is 2.95. The van der Waals surface area contributed by atoms with E-state index in [1.54, 1.807) is 6.26 Å². The maximum Gasteiger partial charge on any atom is 0.117 e. The molecule has 1 aromatic carbocycles. The summed E-state index contributed by atoms with van der Waals surface area (Å²) in [7, 11) is 0. The number of nitrogens with two attached hydrogens (primary N) is 1. The molecule has 2 rings (SSSR count). The molecule has 3 nitrogen and oxygen atoms in total. The van der Waals surface area contributed by atoms with Crippen LogP contribution in [0.2, 0.25) is 10.0 Å². The van der Waals surface area contributed by atoms with E-state index in [1.807, 2.05) is 30.3 Å². The first-order valence-electron chi connectivity index (χ1n) is 6.57. The minimum atomic E-state index is 0.0832. The zero-order valence-corrected chi connectivity index (χ0v) is 12.9. The molecule has 1 heterocycles. The Balaban J connectivity index is 2.21. The summed E-state index contributed by atoms with van der Waals surface area (Å²) in [6.45, 7) is 4.18. The number of hydrogen-bond donors (Lipinski definition) is 1. The molecule has 0 aliphatic carbocycles. The second-order valence-corrected chi connectivity index (χ2v) is 5.38. The number of nitrogens with zero attached hydrogens (tertiary/aromatic N) is 1. The molecule has 0 aliphatic heterocycles. The van der Waals surface area contributed by atoms with Crippen molar-refractivity contribution in [1.29, 1.82) is 0 Å². The van der Waals surface area contributed by atoms with Crippen LogP contribution in [0.4, 0.5) is 0 Å². The Hall–Kier alpha value is -1.000. The molecule has 2 N–H and O–H groups in total. The van der Waals surface area contributed by atoms with Crippen molar-refractivity contribution in [2.45, 2.75) is 19.5 Å². The molecule has 1 aromatic heterocycles. The Morgan fingerprint density at radius 2 is 2.05 bits per heavy atom. The molecule has 20 heavy (non-hydrogen) atoms. The second-order valence-electron chi connectivity index (χ2n) is 4.57. The third-order valence-corrected chi connectivity index (χ3v) is 4.08. The lowest BCUT2D eigenvalue weighted by atomic mass is 10.1. The fraction of sp³-hybridized carbons (Fsp3) is 0.333. The van der Waals surface area contributed by atoms with Crippen molar-refractivity contribution in [3.8, 4) is 0 Å². The van der Waals surface area contributed by atoms with Crippen molar-refractivity contribution in [2.75, 3.05) is 13.1 Å². The van der Waals surface area contributed by atoms with Gasteiger partial charge in [0.25, 0.3) is 0 Å². The van der Waals surface area contributed by atoms with Crippen LogP contribution in [0, 0.1) is 0 Å². The Kier molecular flexibility index (Phi) is 5.49. The zero-order valence-electron chi connectivity index (χ0n) is 11.4. The Morgan fingerprint density at radius 1 is 1.25 bits per heavy atom. The highest BCUT2D eigenvalue weighted by Crippen LogP contribution is 2.28. The van der Waals surface area contributed by atoms with Crippen LogP contribution in [0.1, 0.15) is 24.3 Å². The monoisotopic (exact) mass is 312 g/mol. The normalized spacial score (nSPS) is 12.8. The van der Waals surface area contributed by atoms with E-state index >= 15 is 0 Å². The first-order valence-corrected chi connectivity index (χ1v) is 7.32. The van der Waals surface area contributed by atoms with Crippen LogP contribution in [0.5, 0.6) is 0 Å². The molecule has 0 spiro atoms. The largest absolute Gasteiger partial charge is 0.468 e. The van der Waals surface area contributed by atoms with Crippen LogP contribution in [-0.4, -0.2) is 18.0 Å².